The Morgan fingerprint density at radius 3 is 2.37 bits per heavy atom. The number of aliphatic imine (C=N–C) groups is 1. The van der Waals surface area contributed by atoms with Crippen LogP contribution in [0, 0.1) is 12.7 Å². The number of carbonyl (C=O) groups is 1. The summed E-state index contributed by atoms with van der Waals surface area (Å²) in [6.45, 7) is 5.37. The molecule has 0 aromatic heterocycles. The Morgan fingerprint density at radius 1 is 1.11 bits per heavy atom. The highest BCUT2D eigenvalue weighted by molar-refractivity contribution is 14.0. The van der Waals surface area contributed by atoms with Crippen LogP contribution in [0.25, 0.3) is 0 Å². The van der Waals surface area contributed by atoms with E-state index >= 15 is 0 Å². The zero-order valence-electron chi connectivity index (χ0n) is 15.7. The molecule has 146 valence electrons. The van der Waals surface area contributed by atoms with Crippen LogP contribution in [0.15, 0.2) is 47.5 Å². The molecule has 2 N–H and O–H groups in total. The molecule has 2 rings (SSSR count). The third-order valence-corrected chi connectivity index (χ3v) is 3.84. The number of rotatable bonds is 6. The zero-order valence-corrected chi connectivity index (χ0v) is 18.0. The predicted molar refractivity (Wildman–Crippen MR) is 116 cm³/mol. The number of benzene rings is 2. The summed E-state index contributed by atoms with van der Waals surface area (Å²) in [5.74, 6) is 0.0663. The average Bonchev–Trinajstić information content (AvgIpc) is 2.66. The van der Waals surface area contributed by atoms with Crippen LogP contribution in [0.1, 0.15) is 34.0 Å². The van der Waals surface area contributed by atoms with Gasteiger partial charge in [-0.1, -0.05) is 24.3 Å². The predicted octanol–water partition coefficient (Wildman–Crippen LogP) is 3.79. The maximum Gasteiger partial charge on any atom is 0.337 e. The van der Waals surface area contributed by atoms with Gasteiger partial charge in [0.1, 0.15) is 5.82 Å². The quantitative estimate of drug-likeness (QED) is 0.283. The lowest BCUT2D eigenvalue weighted by molar-refractivity contribution is 0.0600. The van der Waals surface area contributed by atoms with Crippen molar-refractivity contribution in [3.8, 4) is 0 Å². The maximum absolute atomic E-state index is 13.6. The fourth-order valence-corrected chi connectivity index (χ4v) is 2.31. The van der Waals surface area contributed by atoms with Gasteiger partial charge in [-0.25, -0.2) is 14.2 Å². The molecule has 0 aliphatic rings. The number of halogens is 2. The zero-order chi connectivity index (χ0) is 18.9. The smallest absolute Gasteiger partial charge is 0.337 e. The number of esters is 1. The largest absolute Gasteiger partial charge is 0.465 e. The molecule has 0 spiro atoms. The van der Waals surface area contributed by atoms with Gasteiger partial charge >= 0.3 is 5.97 Å². The van der Waals surface area contributed by atoms with Crippen molar-refractivity contribution in [1.82, 2.24) is 10.6 Å². The minimum absolute atomic E-state index is 0. The van der Waals surface area contributed by atoms with Gasteiger partial charge in [0.25, 0.3) is 0 Å². The molecule has 5 nitrogen and oxygen atoms in total. The average molecular weight is 485 g/mol. The van der Waals surface area contributed by atoms with Crippen molar-refractivity contribution in [2.75, 3.05) is 13.7 Å². The van der Waals surface area contributed by atoms with Crippen LogP contribution in [-0.4, -0.2) is 25.6 Å². The van der Waals surface area contributed by atoms with E-state index in [0.29, 0.717) is 30.2 Å². The standard InChI is InChI=1S/C20H24FN3O2.HI/c1-4-22-20(24-13-16-6-5-14(2)18(21)11-16)23-12-15-7-9-17(10-8-15)19(25)26-3;/h5-11H,4,12-13H2,1-3H3,(H2,22,23,24);1H. The van der Waals surface area contributed by atoms with Gasteiger partial charge in [0.05, 0.1) is 19.2 Å². The molecule has 0 saturated carbocycles. The van der Waals surface area contributed by atoms with Crippen molar-refractivity contribution in [2.24, 2.45) is 4.99 Å². The van der Waals surface area contributed by atoms with Gasteiger partial charge in [-0.15, -0.1) is 24.0 Å². The van der Waals surface area contributed by atoms with E-state index in [1.165, 1.54) is 13.2 Å². The highest BCUT2D eigenvalue weighted by atomic mass is 127. The van der Waals surface area contributed by atoms with Gasteiger partial charge in [-0.2, -0.15) is 0 Å². The Labute approximate surface area is 176 Å². The molecule has 0 bridgehead atoms. The number of ether oxygens (including phenoxy) is 1. The van der Waals surface area contributed by atoms with Crippen LogP contribution in [-0.2, 0) is 17.8 Å². The minimum atomic E-state index is -0.357. The summed E-state index contributed by atoms with van der Waals surface area (Å²) in [4.78, 5) is 15.9. The third kappa shape index (κ3) is 7.16. The number of methoxy groups -OCH3 is 1. The van der Waals surface area contributed by atoms with Crippen molar-refractivity contribution in [3.05, 3.63) is 70.5 Å². The molecule has 0 unspecified atom stereocenters. The van der Waals surface area contributed by atoms with E-state index in [0.717, 1.165) is 17.7 Å². The summed E-state index contributed by atoms with van der Waals surface area (Å²) in [6.07, 6.45) is 0. The lowest BCUT2D eigenvalue weighted by atomic mass is 10.1. The molecule has 7 heteroatoms. The molecule has 0 saturated heterocycles. The highest BCUT2D eigenvalue weighted by Crippen LogP contribution is 2.10. The second-order valence-electron chi connectivity index (χ2n) is 5.82. The molecule has 0 amide bonds. The minimum Gasteiger partial charge on any atom is -0.465 e. The lowest BCUT2D eigenvalue weighted by Crippen LogP contribution is -2.36. The Morgan fingerprint density at radius 2 is 1.78 bits per heavy atom. The number of hydrogen-bond donors (Lipinski definition) is 2. The fraction of sp³-hybridized carbons (Fsp3) is 0.300. The first-order valence-electron chi connectivity index (χ1n) is 8.48. The van der Waals surface area contributed by atoms with Crippen molar-refractivity contribution >= 4 is 35.9 Å². The summed E-state index contributed by atoms with van der Waals surface area (Å²) in [7, 11) is 1.36. The lowest BCUT2D eigenvalue weighted by Gasteiger charge is -2.12. The Bertz CT molecular complexity index is 779. The number of nitrogens with one attached hydrogen (secondary N) is 2. The molecule has 0 aliphatic heterocycles. The summed E-state index contributed by atoms with van der Waals surface area (Å²) in [5, 5.41) is 6.38. The summed E-state index contributed by atoms with van der Waals surface area (Å²) in [5.41, 5.74) is 2.95. The molecule has 0 radical (unpaired) electrons. The Balaban J connectivity index is 0.00000364. The van der Waals surface area contributed by atoms with Crippen molar-refractivity contribution in [3.63, 3.8) is 0 Å². The monoisotopic (exact) mass is 485 g/mol. The maximum atomic E-state index is 13.6. The van der Waals surface area contributed by atoms with Gasteiger partial charge in [0, 0.05) is 13.1 Å². The molecule has 2 aromatic rings. The molecule has 2 aromatic carbocycles. The molecular formula is C20H25FIN3O2. The second-order valence-corrected chi connectivity index (χ2v) is 5.82. The normalized spacial score (nSPS) is 10.7. The van der Waals surface area contributed by atoms with Gasteiger partial charge in [-0.05, 0) is 48.7 Å². The molecule has 0 fully saturated rings. The molecule has 0 aliphatic carbocycles. The van der Waals surface area contributed by atoms with Crippen molar-refractivity contribution in [1.29, 1.82) is 0 Å². The van der Waals surface area contributed by atoms with Crippen LogP contribution in [0.4, 0.5) is 4.39 Å². The van der Waals surface area contributed by atoms with E-state index in [1.54, 1.807) is 25.1 Å². The number of guanidine groups is 1. The van der Waals surface area contributed by atoms with Gasteiger partial charge < -0.3 is 15.4 Å². The first kappa shape index (κ1) is 22.9. The van der Waals surface area contributed by atoms with Crippen LogP contribution in [0.2, 0.25) is 0 Å². The Hall–Kier alpha value is -2.16. The van der Waals surface area contributed by atoms with E-state index in [9.17, 15) is 9.18 Å². The van der Waals surface area contributed by atoms with E-state index in [-0.39, 0.29) is 35.8 Å². The van der Waals surface area contributed by atoms with Crippen LogP contribution in [0.5, 0.6) is 0 Å². The number of hydrogen-bond acceptors (Lipinski definition) is 3. The molecular weight excluding hydrogens is 460 g/mol. The fourth-order valence-electron chi connectivity index (χ4n) is 2.31. The number of aryl methyl sites for hydroxylation is 1. The van der Waals surface area contributed by atoms with Gasteiger partial charge in [0.2, 0.25) is 0 Å². The first-order valence-corrected chi connectivity index (χ1v) is 8.48. The molecule has 0 heterocycles. The van der Waals surface area contributed by atoms with Crippen molar-refractivity contribution in [2.45, 2.75) is 26.9 Å². The Kier molecular flexibility index (Phi) is 9.77. The summed E-state index contributed by atoms with van der Waals surface area (Å²) < 4.78 is 18.3. The molecule has 0 atom stereocenters. The van der Waals surface area contributed by atoms with Gasteiger partial charge in [0.15, 0.2) is 5.96 Å². The van der Waals surface area contributed by atoms with Crippen molar-refractivity contribution < 1.29 is 13.9 Å². The van der Waals surface area contributed by atoms with Crippen LogP contribution in [0.3, 0.4) is 0 Å². The SMILES string of the molecule is CCNC(=NCc1ccc(C)c(F)c1)NCc1ccc(C(=O)OC)cc1.I. The van der Waals surface area contributed by atoms with Crippen LogP contribution >= 0.6 is 24.0 Å². The number of nitrogens with zero attached hydrogens (tertiary/aromatic N) is 1. The topological polar surface area (TPSA) is 62.7 Å². The second kappa shape index (κ2) is 11.5. The van der Waals surface area contributed by atoms with E-state index in [4.69, 9.17) is 0 Å². The highest BCUT2D eigenvalue weighted by Gasteiger charge is 2.05. The summed E-state index contributed by atoms with van der Waals surface area (Å²) >= 11 is 0. The van der Waals surface area contributed by atoms with Crippen LogP contribution < -0.4 is 10.6 Å². The van der Waals surface area contributed by atoms with E-state index in [1.807, 2.05) is 25.1 Å². The summed E-state index contributed by atoms with van der Waals surface area (Å²) in [6, 6.07) is 12.3. The first-order chi connectivity index (χ1) is 12.5. The third-order valence-electron chi connectivity index (χ3n) is 3.84. The van der Waals surface area contributed by atoms with E-state index in [2.05, 4.69) is 20.4 Å². The van der Waals surface area contributed by atoms with E-state index < -0.39 is 0 Å². The number of carbonyl (C=O) groups excluding carboxylic acids is 1. The molecule has 27 heavy (non-hydrogen) atoms. The van der Waals surface area contributed by atoms with Gasteiger partial charge in [-0.3, -0.25) is 0 Å².